The van der Waals surface area contributed by atoms with Crippen molar-refractivity contribution >= 4 is 23.4 Å². The Kier molecular flexibility index (Phi) is 4.06. The summed E-state index contributed by atoms with van der Waals surface area (Å²) >= 11 is 1.27. The molecule has 2 aromatic rings. The molecule has 2 rings (SSSR count). The molecule has 100 valence electrons. The fraction of sp³-hybridized carbons (Fsp3) is 0.250. The Morgan fingerprint density at radius 2 is 2.05 bits per heavy atom. The molecule has 0 bridgehead atoms. The first-order valence-corrected chi connectivity index (χ1v) is 6.65. The van der Waals surface area contributed by atoms with Gasteiger partial charge >= 0.3 is 0 Å². The Bertz CT molecular complexity index is 569. The van der Waals surface area contributed by atoms with E-state index in [1.165, 1.54) is 16.4 Å². The molecule has 6 nitrogen and oxygen atoms in total. The predicted octanol–water partition coefficient (Wildman–Crippen LogP) is 1.42. The number of nitrogen functional groups attached to an aromatic ring is 1. The summed E-state index contributed by atoms with van der Waals surface area (Å²) in [6, 6.07) is 9.31. The van der Waals surface area contributed by atoms with Crippen molar-refractivity contribution in [3.05, 3.63) is 36.2 Å². The molecular weight excluding hydrogens is 262 g/mol. The second-order valence-corrected chi connectivity index (χ2v) is 5.32. The van der Waals surface area contributed by atoms with E-state index in [2.05, 4.69) is 15.5 Å². The fourth-order valence-corrected chi connectivity index (χ4v) is 2.22. The molecule has 0 spiro atoms. The number of amides is 1. The Morgan fingerprint density at radius 1 is 1.37 bits per heavy atom. The van der Waals surface area contributed by atoms with Crippen LogP contribution in [0.5, 0.6) is 0 Å². The van der Waals surface area contributed by atoms with E-state index in [-0.39, 0.29) is 11.2 Å². The number of nitrogens with two attached hydrogens (primary N) is 1. The molecule has 1 aromatic carbocycles. The molecular formula is C12H15N5OS. The molecule has 3 N–H and O–H groups in total. The van der Waals surface area contributed by atoms with Crippen LogP contribution in [-0.4, -0.2) is 26.0 Å². The molecule has 0 unspecified atom stereocenters. The third kappa shape index (κ3) is 3.25. The van der Waals surface area contributed by atoms with E-state index < -0.39 is 0 Å². The van der Waals surface area contributed by atoms with Crippen LogP contribution in [-0.2, 0) is 4.79 Å². The van der Waals surface area contributed by atoms with Gasteiger partial charge in [-0.3, -0.25) is 4.79 Å². The van der Waals surface area contributed by atoms with Crippen molar-refractivity contribution in [3.8, 4) is 0 Å². The van der Waals surface area contributed by atoms with E-state index in [4.69, 9.17) is 5.84 Å². The smallest absolute Gasteiger partial charge is 0.237 e. The number of aromatic nitrogens is 3. The summed E-state index contributed by atoms with van der Waals surface area (Å²) in [5.41, 5.74) is 0.769. The summed E-state index contributed by atoms with van der Waals surface area (Å²) < 4.78 is 1.37. The van der Waals surface area contributed by atoms with Crippen molar-refractivity contribution in [2.45, 2.75) is 24.3 Å². The summed E-state index contributed by atoms with van der Waals surface area (Å²) in [5.74, 6) is 6.25. The number of aryl methyl sites for hydroxylation is 1. The molecule has 1 heterocycles. The van der Waals surface area contributed by atoms with Crippen molar-refractivity contribution in [2.75, 3.05) is 11.2 Å². The van der Waals surface area contributed by atoms with Crippen molar-refractivity contribution in [1.29, 1.82) is 0 Å². The standard InChI is InChI=1S/C12H15N5OS/c1-8(19-12-16-15-9(2)17(12)13)11(18)14-10-6-4-3-5-7-10/h3-8H,13H2,1-2H3,(H,14,18)/t8-/m1/s1. The first-order chi connectivity index (χ1) is 9.08. The maximum absolute atomic E-state index is 12.0. The number of thioether (sulfide) groups is 1. The van der Waals surface area contributed by atoms with Gasteiger partial charge < -0.3 is 11.2 Å². The third-order valence-electron chi connectivity index (χ3n) is 2.53. The lowest BCUT2D eigenvalue weighted by Crippen LogP contribution is -2.23. The van der Waals surface area contributed by atoms with E-state index in [1.807, 2.05) is 30.3 Å². The highest BCUT2D eigenvalue weighted by molar-refractivity contribution is 8.00. The van der Waals surface area contributed by atoms with E-state index in [0.717, 1.165) is 5.69 Å². The van der Waals surface area contributed by atoms with Crippen LogP contribution in [0.25, 0.3) is 0 Å². The number of carbonyl (C=O) groups excluding carboxylic acids is 1. The zero-order valence-electron chi connectivity index (χ0n) is 10.7. The quantitative estimate of drug-likeness (QED) is 0.652. The number of nitrogens with zero attached hydrogens (tertiary/aromatic N) is 3. The highest BCUT2D eigenvalue weighted by atomic mass is 32.2. The summed E-state index contributed by atoms with van der Waals surface area (Å²) in [6.07, 6.45) is 0. The second kappa shape index (κ2) is 5.75. The third-order valence-corrected chi connectivity index (χ3v) is 3.58. The number of para-hydroxylation sites is 1. The number of hydrogen-bond donors (Lipinski definition) is 2. The summed E-state index contributed by atoms with van der Waals surface area (Å²) in [6.45, 7) is 3.55. The first-order valence-electron chi connectivity index (χ1n) is 5.77. The molecule has 0 fully saturated rings. The van der Waals surface area contributed by atoms with Gasteiger partial charge in [-0.1, -0.05) is 30.0 Å². The highest BCUT2D eigenvalue weighted by Gasteiger charge is 2.18. The predicted molar refractivity (Wildman–Crippen MR) is 75.3 cm³/mol. The lowest BCUT2D eigenvalue weighted by molar-refractivity contribution is -0.115. The van der Waals surface area contributed by atoms with Crippen molar-refractivity contribution in [2.24, 2.45) is 0 Å². The minimum atomic E-state index is -0.314. The van der Waals surface area contributed by atoms with E-state index in [9.17, 15) is 4.79 Å². The molecule has 1 aromatic heterocycles. The zero-order chi connectivity index (χ0) is 13.8. The Balaban J connectivity index is 1.98. The minimum Gasteiger partial charge on any atom is -0.336 e. The van der Waals surface area contributed by atoms with E-state index >= 15 is 0 Å². The summed E-state index contributed by atoms with van der Waals surface area (Å²) in [7, 11) is 0. The number of rotatable bonds is 4. The minimum absolute atomic E-state index is 0.100. The molecule has 0 aliphatic heterocycles. The van der Waals surface area contributed by atoms with E-state index in [1.54, 1.807) is 13.8 Å². The lowest BCUT2D eigenvalue weighted by Gasteiger charge is -2.11. The van der Waals surface area contributed by atoms with Gasteiger partial charge in [0.2, 0.25) is 11.1 Å². The molecule has 0 saturated heterocycles. The van der Waals surface area contributed by atoms with E-state index in [0.29, 0.717) is 11.0 Å². The zero-order valence-corrected chi connectivity index (χ0v) is 11.5. The molecule has 7 heteroatoms. The number of nitrogens with one attached hydrogen (secondary N) is 1. The Morgan fingerprint density at radius 3 is 2.63 bits per heavy atom. The van der Waals surface area contributed by atoms with Crippen LogP contribution in [0, 0.1) is 6.92 Å². The normalized spacial score (nSPS) is 12.1. The van der Waals surface area contributed by atoms with Crippen LogP contribution in [0.15, 0.2) is 35.5 Å². The van der Waals surface area contributed by atoms with Gasteiger partial charge in [0.1, 0.15) is 5.82 Å². The maximum atomic E-state index is 12.0. The van der Waals surface area contributed by atoms with Crippen LogP contribution in [0.2, 0.25) is 0 Å². The molecule has 1 atom stereocenters. The number of benzene rings is 1. The molecule has 0 saturated carbocycles. The summed E-state index contributed by atoms with van der Waals surface area (Å²) in [4.78, 5) is 12.0. The van der Waals surface area contributed by atoms with Gasteiger partial charge in [0.05, 0.1) is 5.25 Å². The first kappa shape index (κ1) is 13.4. The maximum Gasteiger partial charge on any atom is 0.237 e. The monoisotopic (exact) mass is 277 g/mol. The van der Waals surface area contributed by atoms with Gasteiger partial charge in [-0.15, -0.1) is 10.2 Å². The van der Waals surface area contributed by atoms with Crippen molar-refractivity contribution < 1.29 is 4.79 Å². The summed E-state index contributed by atoms with van der Waals surface area (Å²) in [5, 5.41) is 10.8. The SMILES string of the molecule is Cc1nnc(S[C@H](C)C(=O)Nc2ccccc2)n1N. The highest BCUT2D eigenvalue weighted by Crippen LogP contribution is 2.21. The van der Waals surface area contributed by atoms with Gasteiger partial charge in [-0.25, -0.2) is 4.68 Å². The van der Waals surface area contributed by atoms with Crippen LogP contribution in [0.1, 0.15) is 12.7 Å². The molecule has 19 heavy (non-hydrogen) atoms. The van der Waals surface area contributed by atoms with Gasteiger partial charge in [-0.05, 0) is 26.0 Å². The topological polar surface area (TPSA) is 85.8 Å². The molecule has 0 aliphatic rings. The number of anilines is 1. The van der Waals surface area contributed by atoms with Gasteiger partial charge in [0.15, 0.2) is 0 Å². The van der Waals surface area contributed by atoms with Gasteiger partial charge in [0.25, 0.3) is 0 Å². The Hall–Kier alpha value is -2.02. The van der Waals surface area contributed by atoms with Crippen molar-refractivity contribution in [1.82, 2.24) is 14.9 Å². The number of carbonyl (C=O) groups is 1. The Labute approximate surface area is 115 Å². The molecule has 1 amide bonds. The number of hydrogen-bond acceptors (Lipinski definition) is 5. The van der Waals surface area contributed by atoms with Crippen LogP contribution < -0.4 is 11.2 Å². The molecule has 0 radical (unpaired) electrons. The largest absolute Gasteiger partial charge is 0.336 e. The van der Waals surface area contributed by atoms with Crippen LogP contribution in [0.3, 0.4) is 0 Å². The second-order valence-electron chi connectivity index (χ2n) is 4.02. The van der Waals surface area contributed by atoms with Crippen molar-refractivity contribution in [3.63, 3.8) is 0 Å². The van der Waals surface area contributed by atoms with Crippen LogP contribution in [0.4, 0.5) is 5.69 Å². The van der Waals surface area contributed by atoms with Gasteiger partial charge in [-0.2, -0.15) is 0 Å². The average Bonchev–Trinajstić information content (AvgIpc) is 2.72. The fourth-order valence-electron chi connectivity index (χ4n) is 1.41. The molecule has 0 aliphatic carbocycles. The van der Waals surface area contributed by atoms with Gasteiger partial charge in [0, 0.05) is 5.69 Å². The lowest BCUT2D eigenvalue weighted by atomic mass is 10.3. The average molecular weight is 277 g/mol. The van der Waals surface area contributed by atoms with Crippen LogP contribution >= 0.6 is 11.8 Å².